The van der Waals surface area contributed by atoms with Crippen LogP contribution in [-0.2, 0) is 11.2 Å². The minimum Gasteiger partial charge on any atom is -0.366 e. The maximum absolute atomic E-state index is 14.0. The molecule has 0 unspecified atom stereocenters. The van der Waals surface area contributed by atoms with Crippen molar-refractivity contribution in [2.45, 2.75) is 20.3 Å². The van der Waals surface area contributed by atoms with Gasteiger partial charge in [0.05, 0.1) is 29.1 Å². The Morgan fingerprint density at radius 1 is 1.14 bits per heavy atom. The van der Waals surface area contributed by atoms with Crippen molar-refractivity contribution in [1.82, 2.24) is 9.78 Å². The van der Waals surface area contributed by atoms with Gasteiger partial charge in [0, 0.05) is 22.3 Å². The van der Waals surface area contributed by atoms with Crippen molar-refractivity contribution in [3.63, 3.8) is 0 Å². The summed E-state index contributed by atoms with van der Waals surface area (Å²) >= 11 is 5.91. The number of hydrogen-bond acceptors (Lipinski definition) is 3. The molecule has 2 aromatic carbocycles. The van der Waals surface area contributed by atoms with Gasteiger partial charge >= 0.3 is 0 Å². The van der Waals surface area contributed by atoms with Crippen molar-refractivity contribution in [3.05, 3.63) is 75.6 Å². The SMILES string of the molecule is Cc1nn(-c2ccc(Cl)cc2)c(C)c1CC(=O)Nc1cc(C(N)=O)c(F)cc1F. The molecule has 0 radical (unpaired) electrons. The Labute approximate surface area is 170 Å². The number of nitrogens with two attached hydrogens (primary N) is 1. The number of benzene rings is 2. The zero-order valence-electron chi connectivity index (χ0n) is 15.6. The van der Waals surface area contributed by atoms with Crippen LogP contribution >= 0.6 is 11.6 Å². The lowest BCUT2D eigenvalue weighted by Crippen LogP contribution is -2.19. The molecule has 2 amide bonds. The van der Waals surface area contributed by atoms with Gasteiger partial charge in [-0.1, -0.05) is 11.6 Å². The topological polar surface area (TPSA) is 90.0 Å². The number of nitrogens with one attached hydrogen (secondary N) is 1. The van der Waals surface area contributed by atoms with Gasteiger partial charge in [0.15, 0.2) is 0 Å². The third-order valence-corrected chi connectivity index (χ3v) is 4.70. The first-order valence-corrected chi connectivity index (χ1v) is 8.95. The van der Waals surface area contributed by atoms with E-state index in [2.05, 4.69) is 10.4 Å². The van der Waals surface area contributed by atoms with Crippen molar-refractivity contribution in [2.24, 2.45) is 5.73 Å². The average molecular weight is 419 g/mol. The zero-order valence-corrected chi connectivity index (χ0v) is 16.3. The summed E-state index contributed by atoms with van der Waals surface area (Å²) in [5, 5.41) is 7.38. The molecule has 0 aliphatic carbocycles. The third-order valence-electron chi connectivity index (χ3n) is 4.45. The maximum atomic E-state index is 14.0. The number of carbonyl (C=O) groups is 2. The van der Waals surface area contributed by atoms with E-state index in [-0.39, 0.29) is 12.1 Å². The Hall–Kier alpha value is -3.26. The van der Waals surface area contributed by atoms with Crippen molar-refractivity contribution in [2.75, 3.05) is 5.32 Å². The lowest BCUT2D eigenvalue weighted by atomic mass is 10.1. The van der Waals surface area contributed by atoms with Crippen molar-refractivity contribution >= 4 is 29.1 Å². The monoisotopic (exact) mass is 418 g/mol. The largest absolute Gasteiger partial charge is 0.366 e. The molecule has 29 heavy (non-hydrogen) atoms. The summed E-state index contributed by atoms with van der Waals surface area (Å²) in [5.74, 6) is -3.71. The molecule has 0 aliphatic heterocycles. The molecule has 150 valence electrons. The fourth-order valence-corrected chi connectivity index (χ4v) is 3.08. The van der Waals surface area contributed by atoms with Gasteiger partial charge in [0.1, 0.15) is 11.6 Å². The molecular weight excluding hydrogens is 402 g/mol. The number of aromatic nitrogens is 2. The number of rotatable bonds is 5. The standard InChI is InChI=1S/C20H17ClF2N4O2/c1-10-14(11(2)27(26-10)13-5-3-12(21)4-6-13)8-19(28)25-18-7-15(20(24)29)16(22)9-17(18)23/h3-7,9H,8H2,1-2H3,(H2,24,29)(H,25,28). The van der Waals surface area contributed by atoms with E-state index < -0.39 is 29.0 Å². The maximum Gasteiger partial charge on any atom is 0.251 e. The van der Waals surface area contributed by atoms with Crippen LogP contribution < -0.4 is 11.1 Å². The van der Waals surface area contributed by atoms with Gasteiger partial charge < -0.3 is 11.1 Å². The molecule has 6 nitrogen and oxygen atoms in total. The van der Waals surface area contributed by atoms with E-state index in [0.717, 1.165) is 17.4 Å². The fraction of sp³-hybridized carbons (Fsp3) is 0.150. The van der Waals surface area contributed by atoms with Crippen LogP contribution in [-0.4, -0.2) is 21.6 Å². The highest BCUT2D eigenvalue weighted by molar-refractivity contribution is 6.30. The molecule has 0 saturated heterocycles. The molecule has 1 heterocycles. The second-order valence-electron chi connectivity index (χ2n) is 6.44. The molecule has 0 saturated carbocycles. The number of amides is 2. The van der Waals surface area contributed by atoms with Crippen molar-refractivity contribution in [3.8, 4) is 5.69 Å². The lowest BCUT2D eigenvalue weighted by Gasteiger charge is -2.09. The number of primary amides is 1. The van der Waals surface area contributed by atoms with E-state index in [0.29, 0.717) is 22.3 Å². The van der Waals surface area contributed by atoms with Gasteiger partial charge in [-0.25, -0.2) is 13.5 Å². The highest BCUT2D eigenvalue weighted by atomic mass is 35.5. The Morgan fingerprint density at radius 3 is 2.41 bits per heavy atom. The molecule has 0 aliphatic rings. The Bertz CT molecular complexity index is 1110. The summed E-state index contributed by atoms with van der Waals surface area (Å²) in [5.41, 5.74) is 7.02. The smallest absolute Gasteiger partial charge is 0.251 e. The first-order chi connectivity index (χ1) is 13.7. The van der Waals surface area contributed by atoms with Gasteiger partial charge in [0.2, 0.25) is 5.91 Å². The molecular formula is C20H17ClF2N4O2. The number of halogens is 3. The van der Waals surface area contributed by atoms with Gasteiger partial charge in [-0.2, -0.15) is 5.10 Å². The highest BCUT2D eigenvalue weighted by Gasteiger charge is 2.19. The average Bonchev–Trinajstić information content (AvgIpc) is 2.92. The Kier molecular flexibility index (Phi) is 5.65. The van der Waals surface area contributed by atoms with E-state index in [1.54, 1.807) is 42.8 Å². The molecule has 1 aromatic heterocycles. The minimum atomic E-state index is -1.09. The van der Waals surface area contributed by atoms with Crippen LogP contribution in [0.4, 0.5) is 14.5 Å². The number of nitrogens with zero attached hydrogens (tertiary/aromatic N) is 2. The van der Waals surface area contributed by atoms with Crippen molar-refractivity contribution in [1.29, 1.82) is 0 Å². The first-order valence-electron chi connectivity index (χ1n) is 8.57. The van der Waals surface area contributed by atoms with E-state index in [1.807, 2.05) is 0 Å². The molecule has 3 N–H and O–H groups in total. The summed E-state index contributed by atoms with van der Waals surface area (Å²) in [4.78, 5) is 23.7. The third kappa shape index (κ3) is 4.27. The summed E-state index contributed by atoms with van der Waals surface area (Å²) in [6.45, 7) is 3.56. The van der Waals surface area contributed by atoms with E-state index in [4.69, 9.17) is 17.3 Å². The van der Waals surface area contributed by atoms with E-state index in [9.17, 15) is 18.4 Å². The number of aryl methyl sites for hydroxylation is 1. The molecule has 3 rings (SSSR count). The minimum absolute atomic E-state index is 0.0893. The summed E-state index contributed by atoms with van der Waals surface area (Å²) in [6.07, 6.45) is -0.0893. The van der Waals surface area contributed by atoms with Crippen molar-refractivity contribution < 1.29 is 18.4 Å². The highest BCUT2D eigenvalue weighted by Crippen LogP contribution is 2.22. The number of carbonyl (C=O) groups excluding carboxylic acids is 2. The number of anilines is 1. The Balaban J connectivity index is 1.84. The fourth-order valence-electron chi connectivity index (χ4n) is 2.95. The van der Waals surface area contributed by atoms with Crippen LogP contribution in [0, 0.1) is 25.5 Å². The van der Waals surface area contributed by atoms with Crippen LogP contribution in [0.1, 0.15) is 27.3 Å². The van der Waals surface area contributed by atoms with E-state index in [1.165, 1.54) is 0 Å². The first kappa shape index (κ1) is 20.5. The number of hydrogen-bond donors (Lipinski definition) is 2. The quantitative estimate of drug-likeness (QED) is 0.662. The molecule has 0 fully saturated rings. The molecule has 3 aromatic rings. The van der Waals surface area contributed by atoms with E-state index >= 15 is 0 Å². The van der Waals surface area contributed by atoms with Crippen LogP contribution in [0.2, 0.25) is 5.02 Å². The Morgan fingerprint density at radius 2 is 1.79 bits per heavy atom. The predicted molar refractivity (Wildman–Crippen MR) is 105 cm³/mol. The summed E-state index contributed by atoms with van der Waals surface area (Å²) in [7, 11) is 0. The van der Waals surface area contributed by atoms with Gasteiger partial charge in [-0.05, 0) is 44.2 Å². The normalized spacial score (nSPS) is 10.8. The molecule has 0 spiro atoms. The molecule has 0 bridgehead atoms. The lowest BCUT2D eigenvalue weighted by molar-refractivity contribution is -0.115. The van der Waals surface area contributed by atoms with Gasteiger partial charge in [-0.3, -0.25) is 9.59 Å². The molecule has 0 atom stereocenters. The zero-order chi connectivity index (χ0) is 21.3. The second-order valence-corrected chi connectivity index (χ2v) is 6.88. The van der Waals surface area contributed by atoms with Gasteiger partial charge in [0.25, 0.3) is 5.91 Å². The van der Waals surface area contributed by atoms with Gasteiger partial charge in [-0.15, -0.1) is 0 Å². The summed E-state index contributed by atoms with van der Waals surface area (Å²) < 4.78 is 29.2. The summed E-state index contributed by atoms with van der Waals surface area (Å²) in [6, 6.07) is 8.43. The molecule has 9 heteroatoms. The van der Waals surface area contributed by atoms with Crippen LogP contribution in [0.25, 0.3) is 5.69 Å². The second kappa shape index (κ2) is 8.00. The predicted octanol–water partition coefficient (Wildman–Crippen LogP) is 3.70. The van der Waals surface area contributed by atoms with Crippen LogP contribution in [0.3, 0.4) is 0 Å². The van der Waals surface area contributed by atoms with Crippen LogP contribution in [0.5, 0.6) is 0 Å². The van der Waals surface area contributed by atoms with Crippen LogP contribution in [0.15, 0.2) is 36.4 Å².